The topological polar surface area (TPSA) is 113 Å². The van der Waals surface area contributed by atoms with Crippen LogP contribution in [0.5, 0.6) is 0 Å². The van der Waals surface area contributed by atoms with Crippen LogP contribution in [0.1, 0.15) is 24.2 Å². The Morgan fingerprint density at radius 1 is 1.38 bits per heavy atom. The number of nitro benzene ring substituents is 1. The van der Waals surface area contributed by atoms with Gasteiger partial charge >= 0.3 is 0 Å². The summed E-state index contributed by atoms with van der Waals surface area (Å²) in [5.41, 5.74) is 0.418. The Morgan fingerprint density at radius 2 is 2.05 bits per heavy atom. The van der Waals surface area contributed by atoms with Crippen LogP contribution in [0, 0.1) is 10.1 Å². The van der Waals surface area contributed by atoms with E-state index in [1.807, 2.05) is 6.92 Å². The Balaban J connectivity index is 3.07. The van der Waals surface area contributed by atoms with Crippen LogP contribution in [0.15, 0.2) is 18.2 Å². The summed E-state index contributed by atoms with van der Waals surface area (Å²) in [5.74, 6) is -0.899. The van der Waals surface area contributed by atoms with Gasteiger partial charge in [0.2, 0.25) is 5.91 Å². The van der Waals surface area contributed by atoms with Crippen molar-refractivity contribution >= 4 is 23.2 Å². The Labute approximate surface area is 122 Å². The first kappa shape index (κ1) is 16.4. The van der Waals surface area contributed by atoms with Crippen molar-refractivity contribution < 1.29 is 14.5 Å². The normalized spacial score (nSPS) is 11.4. The summed E-state index contributed by atoms with van der Waals surface area (Å²) >= 11 is 0. The van der Waals surface area contributed by atoms with E-state index in [2.05, 4.69) is 16.0 Å². The first-order valence-corrected chi connectivity index (χ1v) is 6.45. The zero-order valence-corrected chi connectivity index (χ0v) is 12.1. The van der Waals surface area contributed by atoms with Crippen molar-refractivity contribution in [3.8, 4) is 0 Å². The van der Waals surface area contributed by atoms with E-state index in [1.165, 1.54) is 32.2 Å². The van der Waals surface area contributed by atoms with Crippen molar-refractivity contribution in [2.45, 2.75) is 19.9 Å². The second-order valence-electron chi connectivity index (χ2n) is 4.33. The molecule has 0 aromatic heterocycles. The van der Waals surface area contributed by atoms with Crippen molar-refractivity contribution in [2.24, 2.45) is 0 Å². The average Bonchev–Trinajstić information content (AvgIpc) is 2.46. The summed E-state index contributed by atoms with van der Waals surface area (Å²) in [6.45, 7) is 3.93. The van der Waals surface area contributed by atoms with E-state index < -0.39 is 16.9 Å². The van der Waals surface area contributed by atoms with Crippen molar-refractivity contribution in [3.05, 3.63) is 33.9 Å². The molecule has 0 fully saturated rings. The highest BCUT2D eigenvalue weighted by Gasteiger charge is 2.20. The Hall–Kier alpha value is -2.64. The zero-order valence-electron chi connectivity index (χ0n) is 12.1. The number of hydrogen-bond donors (Lipinski definition) is 3. The number of hydrogen-bond acceptors (Lipinski definition) is 5. The molecule has 0 aliphatic carbocycles. The summed E-state index contributed by atoms with van der Waals surface area (Å²) < 4.78 is 0. The molecular formula is C13H18N4O4. The number of nitrogens with zero attached hydrogens (tertiary/aromatic N) is 1. The second kappa shape index (κ2) is 7.22. The highest BCUT2D eigenvalue weighted by atomic mass is 16.6. The van der Waals surface area contributed by atoms with E-state index in [1.54, 1.807) is 0 Å². The minimum atomic E-state index is -0.740. The summed E-state index contributed by atoms with van der Waals surface area (Å²) in [7, 11) is 1.46. The maximum absolute atomic E-state index is 12.2. The lowest BCUT2D eigenvalue weighted by molar-refractivity contribution is -0.384. The van der Waals surface area contributed by atoms with Crippen LogP contribution in [0.25, 0.3) is 0 Å². The number of carbonyl (C=O) groups is 2. The number of anilines is 1. The van der Waals surface area contributed by atoms with E-state index in [9.17, 15) is 19.7 Å². The van der Waals surface area contributed by atoms with Gasteiger partial charge in [-0.1, -0.05) is 0 Å². The van der Waals surface area contributed by atoms with Gasteiger partial charge in [-0.25, -0.2) is 0 Å². The van der Waals surface area contributed by atoms with Crippen LogP contribution < -0.4 is 16.0 Å². The van der Waals surface area contributed by atoms with Crippen LogP contribution in [0.4, 0.5) is 11.4 Å². The molecule has 1 rings (SSSR count). The minimum Gasteiger partial charge on any atom is -0.385 e. The minimum absolute atomic E-state index is 0.127. The molecule has 21 heavy (non-hydrogen) atoms. The fourth-order valence-corrected chi connectivity index (χ4v) is 1.73. The zero-order chi connectivity index (χ0) is 16.0. The molecule has 8 heteroatoms. The van der Waals surface area contributed by atoms with Gasteiger partial charge in [0.25, 0.3) is 11.6 Å². The van der Waals surface area contributed by atoms with E-state index in [-0.39, 0.29) is 17.2 Å². The van der Waals surface area contributed by atoms with Gasteiger partial charge in [-0.2, -0.15) is 0 Å². The predicted octanol–water partition coefficient (Wildman–Crippen LogP) is 0.891. The highest BCUT2D eigenvalue weighted by Crippen LogP contribution is 2.22. The van der Waals surface area contributed by atoms with E-state index in [0.29, 0.717) is 12.2 Å². The number of rotatable bonds is 6. The molecule has 0 aliphatic rings. The maximum Gasteiger partial charge on any atom is 0.270 e. The van der Waals surface area contributed by atoms with E-state index in [4.69, 9.17) is 0 Å². The molecule has 0 saturated heterocycles. The number of nitrogens with one attached hydrogen (secondary N) is 3. The Bertz CT molecular complexity index is 559. The largest absolute Gasteiger partial charge is 0.385 e. The van der Waals surface area contributed by atoms with Gasteiger partial charge in [0, 0.05) is 31.4 Å². The maximum atomic E-state index is 12.2. The molecule has 3 N–H and O–H groups in total. The fourth-order valence-electron chi connectivity index (χ4n) is 1.73. The number of amides is 2. The van der Waals surface area contributed by atoms with Crippen molar-refractivity contribution in [1.29, 1.82) is 0 Å². The molecular weight excluding hydrogens is 276 g/mol. The summed E-state index contributed by atoms with van der Waals surface area (Å²) in [4.78, 5) is 33.8. The monoisotopic (exact) mass is 294 g/mol. The number of benzene rings is 1. The van der Waals surface area contributed by atoms with Crippen LogP contribution in [0.3, 0.4) is 0 Å². The van der Waals surface area contributed by atoms with Crippen LogP contribution >= 0.6 is 0 Å². The third-order valence-electron chi connectivity index (χ3n) is 2.81. The fraction of sp³-hybridized carbons (Fsp3) is 0.385. The molecule has 0 aliphatic heterocycles. The quantitative estimate of drug-likeness (QED) is 0.532. The lowest BCUT2D eigenvalue weighted by Gasteiger charge is -2.15. The van der Waals surface area contributed by atoms with Gasteiger partial charge < -0.3 is 16.0 Å². The molecule has 8 nitrogen and oxygen atoms in total. The van der Waals surface area contributed by atoms with Crippen molar-refractivity contribution in [3.63, 3.8) is 0 Å². The highest BCUT2D eigenvalue weighted by molar-refractivity contribution is 6.02. The van der Waals surface area contributed by atoms with Gasteiger partial charge in [0.15, 0.2) is 0 Å². The molecule has 0 spiro atoms. The third-order valence-corrected chi connectivity index (χ3v) is 2.81. The summed E-state index contributed by atoms with van der Waals surface area (Å²) in [6.07, 6.45) is 0. The first-order chi connectivity index (χ1) is 9.90. The Morgan fingerprint density at radius 3 is 2.57 bits per heavy atom. The number of non-ortho nitro benzene ring substituents is 1. The van der Waals surface area contributed by atoms with E-state index in [0.717, 1.165) is 0 Å². The molecule has 1 aromatic carbocycles. The number of nitro groups is 1. The van der Waals surface area contributed by atoms with Gasteiger partial charge in [0.05, 0.1) is 10.5 Å². The third kappa shape index (κ3) is 4.16. The first-order valence-electron chi connectivity index (χ1n) is 6.45. The Kier molecular flexibility index (Phi) is 5.65. The molecule has 1 unspecified atom stereocenters. The molecule has 114 valence electrons. The van der Waals surface area contributed by atoms with Gasteiger partial charge in [-0.05, 0) is 19.9 Å². The van der Waals surface area contributed by atoms with Crippen LogP contribution in [-0.4, -0.2) is 36.4 Å². The number of likely N-dealkylation sites (N-methyl/N-ethyl adjacent to an activating group) is 1. The molecule has 0 bridgehead atoms. The van der Waals surface area contributed by atoms with Crippen molar-refractivity contribution in [1.82, 2.24) is 10.6 Å². The smallest absolute Gasteiger partial charge is 0.270 e. The summed E-state index contributed by atoms with van der Waals surface area (Å²) in [5, 5.41) is 18.7. The molecule has 0 heterocycles. The van der Waals surface area contributed by atoms with Crippen molar-refractivity contribution in [2.75, 3.05) is 18.9 Å². The predicted molar refractivity (Wildman–Crippen MR) is 78.3 cm³/mol. The SMILES string of the molecule is CCNc1ccc([N+](=O)[O-])cc1C(=O)NC(C)C(=O)NC. The summed E-state index contributed by atoms with van der Waals surface area (Å²) in [6, 6.07) is 3.23. The van der Waals surface area contributed by atoms with Gasteiger partial charge in [0.1, 0.15) is 6.04 Å². The molecule has 1 aromatic rings. The average molecular weight is 294 g/mol. The lowest BCUT2D eigenvalue weighted by atomic mass is 10.1. The molecule has 0 radical (unpaired) electrons. The molecule has 0 saturated carbocycles. The van der Waals surface area contributed by atoms with Gasteiger partial charge in [-0.3, -0.25) is 19.7 Å². The van der Waals surface area contributed by atoms with E-state index >= 15 is 0 Å². The van der Waals surface area contributed by atoms with Crippen LogP contribution in [0.2, 0.25) is 0 Å². The van der Waals surface area contributed by atoms with Gasteiger partial charge in [-0.15, -0.1) is 0 Å². The van der Waals surface area contributed by atoms with Crippen LogP contribution in [-0.2, 0) is 4.79 Å². The molecule has 1 atom stereocenters. The second-order valence-corrected chi connectivity index (χ2v) is 4.33. The lowest BCUT2D eigenvalue weighted by Crippen LogP contribution is -2.43. The molecule has 2 amide bonds. The number of carbonyl (C=O) groups excluding carboxylic acids is 2. The standard InChI is InChI=1S/C13H18N4O4/c1-4-15-11-6-5-9(17(20)21)7-10(11)13(19)16-8(2)12(18)14-3/h5-8,15H,4H2,1-3H3,(H,14,18)(H,16,19).